The third-order valence-electron chi connectivity index (χ3n) is 2.68. The van der Waals surface area contributed by atoms with E-state index in [4.69, 9.17) is 18.4 Å². The molecule has 0 rings (SSSR count). The largest absolute Gasteiger partial charge is 0.501 e. The Bertz CT molecular complexity index is 159. The Labute approximate surface area is 99.7 Å². The van der Waals surface area contributed by atoms with E-state index in [0.29, 0.717) is 0 Å². The summed E-state index contributed by atoms with van der Waals surface area (Å²) in [6.45, 7) is 2.12. The molecule has 0 aliphatic heterocycles. The van der Waals surface area contributed by atoms with Crippen LogP contribution >= 0.6 is 0 Å². The van der Waals surface area contributed by atoms with Crippen LogP contribution in [0.15, 0.2) is 0 Å². The van der Waals surface area contributed by atoms with Crippen LogP contribution in [0.3, 0.4) is 0 Å². The standard InChI is InChI=1S/C10H25NO4Si/c1-11(7-5-6-9-12)8-10-16(13-2,14-3)15-4/h12H,5-10H2,1-4H3. The number of nitrogens with zero attached hydrogens (tertiary/aromatic N) is 1. The first kappa shape index (κ1) is 16.0. The molecule has 0 saturated carbocycles. The number of rotatable bonds is 10. The molecule has 0 aromatic rings. The first-order chi connectivity index (χ1) is 7.64. The van der Waals surface area contributed by atoms with E-state index in [9.17, 15) is 0 Å². The second kappa shape index (κ2) is 9.09. The van der Waals surface area contributed by atoms with E-state index in [0.717, 1.165) is 32.0 Å². The fourth-order valence-corrected chi connectivity index (χ4v) is 3.26. The lowest BCUT2D eigenvalue weighted by atomic mass is 10.3. The predicted octanol–water partition coefficient (Wildman–Crippen LogP) is 0.569. The van der Waals surface area contributed by atoms with Crippen molar-refractivity contribution in [1.82, 2.24) is 4.90 Å². The fourth-order valence-electron chi connectivity index (χ4n) is 1.49. The molecule has 0 spiro atoms. The van der Waals surface area contributed by atoms with Crippen molar-refractivity contribution >= 4 is 8.80 Å². The van der Waals surface area contributed by atoms with E-state index < -0.39 is 8.80 Å². The molecule has 0 aromatic carbocycles. The molecule has 16 heavy (non-hydrogen) atoms. The Hall–Kier alpha value is 0.0169. The highest BCUT2D eigenvalue weighted by Gasteiger charge is 2.37. The monoisotopic (exact) mass is 251 g/mol. The Morgan fingerprint density at radius 3 is 2.00 bits per heavy atom. The Balaban J connectivity index is 3.82. The number of hydrogen-bond acceptors (Lipinski definition) is 5. The molecule has 0 aliphatic rings. The molecule has 0 heterocycles. The predicted molar refractivity (Wildman–Crippen MR) is 65.4 cm³/mol. The molecule has 0 unspecified atom stereocenters. The minimum atomic E-state index is -2.42. The van der Waals surface area contributed by atoms with Gasteiger partial charge in [0.1, 0.15) is 0 Å². The average Bonchev–Trinajstić information content (AvgIpc) is 2.32. The number of aliphatic hydroxyl groups is 1. The van der Waals surface area contributed by atoms with E-state index >= 15 is 0 Å². The summed E-state index contributed by atoms with van der Waals surface area (Å²) in [5.41, 5.74) is 0. The Morgan fingerprint density at radius 1 is 1.00 bits per heavy atom. The Morgan fingerprint density at radius 2 is 1.56 bits per heavy atom. The smallest absolute Gasteiger partial charge is 0.396 e. The van der Waals surface area contributed by atoms with Crippen LogP contribution in [0.1, 0.15) is 12.8 Å². The van der Waals surface area contributed by atoms with Gasteiger partial charge in [0.25, 0.3) is 0 Å². The first-order valence-electron chi connectivity index (χ1n) is 5.59. The van der Waals surface area contributed by atoms with Gasteiger partial charge in [0.15, 0.2) is 0 Å². The van der Waals surface area contributed by atoms with Gasteiger partial charge in [-0.1, -0.05) is 0 Å². The van der Waals surface area contributed by atoms with E-state index in [2.05, 4.69) is 11.9 Å². The second-order valence-corrected chi connectivity index (χ2v) is 6.87. The van der Waals surface area contributed by atoms with Gasteiger partial charge in [0.05, 0.1) is 0 Å². The lowest BCUT2D eigenvalue weighted by Crippen LogP contribution is -2.45. The number of hydrogen-bond donors (Lipinski definition) is 1. The molecule has 6 heteroatoms. The molecule has 0 saturated heterocycles. The zero-order valence-electron chi connectivity index (χ0n) is 10.9. The van der Waals surface area contributed by atoms with Crippen molar-refractivity contribution in [2.45, 2.75) is 18.9 Å². The Kier molecular flexibility index (Phi) is 9.10. The van der Waals surface area contributed by atoms with Gasteiger partial charge in [0, 0.05) is 40.5 Å². The quantitative estimate of drug-likeness (QED) is 0.454. The summed E-state index contributed by atoms with van der Waals surface area (Å²) in [6, 6.07) is 0.784. The minimum Gasteiger partial charge on any atom is -0.396 e. The summed E-state index contributed by atoms with van der Waals surface area (Å²) in [5.74, 6) is 0. The van der Waals surface area contributed by atoms with Crippen LogP contribution in [-0.4, -0.2) is 66.9 Å². The molecule has 0 amide bonds. The van der Waals surface area contributed by atoms with Crippen molar-refractivity contribution in [3.05, 3.63) is 0 Å². The zero-order valence-corrected chi connectivity index (χ0v) is 11.9. The van der Waals surface area contributed by atoms with Crippen LogP contribution < -0.4 is 0 Å². The fraction of sp³-hybridized carbons (Fsp3) is 1.00. The van der Waals surface area contributed by atoms with Crippen molar-refractivity contribution in [3.8, 4) is 0 Å². The summed E-state index contributed by atoms with van der Waals surface area (Å²) < 4.78 is 16.0. The van der Waals surface area contributed by atoms with E-state index in [1.807, 2.05) is 0 Å². The summed E-state index contributed by atoms with van der Waals surface area (Å²) in [4.78, 5) is 2.20. The van der Waals surface area contributed by atoms with E-state index in [1.54, 1.807) is 21.3 Å². The highest BCUT2D eigenvalue weighted by molar-refractivity contribution is 6.60. The summed E-state index contributed by atoms with van der Waals surface area (Å²) >= 11 is 0. The van der Waals surface area contributed by atoms with Gasteiger partial charge in [-0.15, -0.1) is 0 Å². The van der Waals surface area contributed by atoms with Crippen molar-refractivity contribution in [2.75, 3.05) is 48.1 Å². The topological polar surface area (TPSA) is 51.2 Å². The third kappa shape index (κ3) is 5.93. The maximum Gasteiger partial charge on any atom is 0.501 e. The van der Waals surface area contributed by atoms with Crippen LogP contribution in [-0.2, 0) is 13.3 Å². The highest BCUT2D eigenvalue weighted by atomic mass is 28.4. The summed E-state index contributed by atoms with van der Waals surface area (Å²) in [6.07, 6.45) is 1.86. The van der Waals surface area contributed by atoms with Gasteiger partial charge >= 0.3 is 8.80 Å². The van der Waals surface area contributed by atoms with Gasteiger partial charge in [-0.3, -0.25) is 0 Å². The molecule has 98 valence electrons. The van der Waals surface area contributed by atoms with Gasteiger partial charge in [0.2, 0.25) is 0 Å². The van der Waals surface area contributed by atoms with Gasteiger partial charge in [-0.25, -0.2) is 0 Å². The molecule has 0 aromatic heterocycles. The lowest BCUT2D eigenvalue weighted by molar-refractivity contribution is 0.119. The zero-order chi connectivity index (χ0) is 12.4. The van der Waals surface area contributed by atoms with Crippen molar-refractivity contribution < 1.29 is 18.4 Å². The average molecular weight is 251 g/mol. The maximum atomic E-state index is 8.68. The molecule has 1 N–H and O–H groups in total. The van der Waals surface area contributed by atoms with Crippen LogP contribution in [0.2, 0.25) is 6.04 Å². The molecule has 0 fully saturated rings. The SMILES string of the molecule is CO[Si](CCN(C)CCCCO)(OC)OC. The first-order valence-corrected chi connectivity index (χ1v) is 7.52. The van der Waals surface area contributed by atoms with Crippen LogP contribution in [0.4, 0.5) is 0 Å². The second-order valence-electron chi connectivity index (χ2n) is 3.78. The van der Waals surface area contributed by atoms with Crippen molar-refractivity contribution in [3.63, 3.8) is 0 Å². The van der Waals surface area contributed by atoms with Gasteiger partial charge in [-0.2, -0.15) is 0 Å². The van der Waals surface area contributed by atoms with Gasteiger partial charge < -0.3 is 23.3 Å². The molecule has 0 radical (unpaired) electrons. The molecule has 5 nitrogen and oxygen atoms in total. The number of aliphatic hydroxyl groups excluding tert-OH is 1. The third-order valence-corrected chi connectivity index (χ3v) is 5.38. The van der Waals surface area contributed by atoms with Gasteiger partial charge in [-0.05, 0) is 26.4 Å². The van der Waals surface area contributed by atoms with Crippen LogP contribution in [0.25, 0.3) is 0 Å². The van der Waals surface area contributed by atoms with Crippen molar-refractivity contribution in [2.24, 2.45) is 0 Å². The number of unbranched alkanes of at least 4 members (excludes halogenated alkanes) is 1. The minimum absolute atomic E-state index is 0.265. The van der Waals surface area contributed by atoms with E-state index in [1.165, 1.54) is 0 Å². The molecular weight excluding hydrogens is 226 g/mol. The van der Waals surface area contributed by atoms with Crippen LogP contribution in [0.5, 0.6) is 0 Å². The lowest BCUT2D eigenvalue weighted by Gasteiger charge is -2.26. The summed E-state index contributed by atoms with van der Waals surface area (Å²) in [7, 11) is 4.52. The van der Waals surface area contributed by atoms with E-state index in [-0.39, 0.29) is 6.61 Å². The molecule has 0 atom stereocenters. The maximum absolute atomic E-state index is 8.68. The molecule has 0 aliphatic carbocycles. The molecule has 0 bridgehead atoms. The molecular formula is C10H25NO4Si. The highest BCUT2D eigenvalue weighted by Crippen LogP contribution is 2.12. The van der Waals surface area contributed by atoms with Crippen molar-refractivity contribution in [1.29, 1.82) is 0 Å². The normalized spacial score (nSPS) is 12.4. The summed E-state index contributed by atoms with van der Waals surface area (Å²) in [5, 5.41) is 8.68. The van der Waals surface area contributed by atoms with Crippen LogP contribution in [0, 0.1) is 0 Å².